The Morgan fingerprint density at radius 2 is 1.86 bits per heavy atom. The standard InChI is InChI=1S/C20H32N2O2.C4H8/c1-5-6-7-8-9-12-17-14-13-16-11-10-15-22(18(16)21-17)19(23)24-20(2,3)4;1-4-2-3-4/h13-14H,5-12,15H2,1-4H3;4H,2-3H2,1H3. The van der Waals surface area contributed by atoms with Gasteiger partial charge in [0.1, 0.15) is 11.4 Å². The van der Waals surface area contributed by atoms with Crippen molar-refractivity contribution in [3.63, 3.8) is 0 Å². The molecular formula is C24H40N2O2. The fourth-order valence-electron chi connectivity index (χ4n) is 3.19. The molecule has 2 heterocycles. The lowest BCUT2D eigenvalue weighted by molar-refractivity contribution is 0.0576. The van der Waals surface area contributed by atoms with Gasteiger partial charge in [-0.2, -0.15) is 0 Å². The third kappa shape index (κ3) is 8.20. The summed E-state index contributed by atoms with van der Waals surface area (Å²) in [7, 11) is 0. The van der Waals surface area contributed by atoms with Crippen molar-refractivity contribution in [2.75, 3.05) is 11.4 Å². The van der Waals surface area contributed by atoms with Crippen molar-refractivity contribution in [3.8, 4) is 0 Å². The van der Waals surface area contributed by atoms with E-state index in [0.29, 0.717) is 6.54 Å². The maximum atomic E-state index is 12.5. The van der Waals surface area contributed by atoms with Crippen molar-refractivity contribution in [1.82, 2.24) is 4.98 Å². The fraction of sp³-hybridized carbons (Fsp3) is 0.750. The molecule has 1 aromatic rings. The van der Waals surface area contributed by atoms with Gasteiger partial charge in [0.2, 0.25) is 0 Å². The smallest absolute Gasteiger partial charge is 0.416 e. The third-order valence-corrected chi connectivity index (χ3v) is 5.11. The summed E-state index contributed by atoms with van der Waals surface area (Å²) in [5.74, 6) is 1.89. The van der Waals surface area contributed by atoms with Crippen LogP contribution in [0.15, 0.2) is 12.1 Å². The van der Waals surface area contributed by atoms with Crippen molar-refractivity contribution in [2.24, 2.45) is 5.92 Å². The topological polar surface area (TPSA) is 42.4 Å². The number of fused-ring (bicyclic) bond motifs is 1. The van der Waals surface area contributed by atoms with Crippen LogP contribution in [0.1, 0.15) is 97.2 Å². The van der Waals surface area contributed by atoms with E-state index in [-0.39, 0.29) is 6.09 Å². The highest BCUT2D eigenvalue weighted by atomic mass is 16.6. The fourth-order valence-corrected chi connectivity index (χ4v) is 3.19. The second-order valence-corrected chi connectivity index (χ2v) is 9.37. The van der Waals surface area contributed by atoms with Gasteiger partial charge in [0.15, 0.2) is 0 Å². The number of aryl methyl sites for hydroxylation is 2. The molecule has 0 bridgehead atoms. The van der Waals surface area contributed by atoms with Gasteiger partial charge in [0.25, 0.3) is 0 Å². The molecule has 3 rings (SSSR count). The Labute approximate surface area is 172 Å². The van der Waals surface area contributed by atoms with Crippen LogP contribution < -0.4 is 4.90 Å². The molecule has 1 aliphatic heterocycles. The maximum absolute atomic E-state index is 12.5. The number of hydrogen-bond acceptors (Lipinski definition) is 3. The van der Waals surface area contributed by atoms with Gasteiger partial charge in [0.05, 0.1) is 0 Å². The molecule has 2 aliphatic rings. The van der Waals surface area contributed by atoms with Gasteiger partial charge in [-0.1, -0.05) is 58.4 Å². The highest BCUT2D eigenvalue weighted by Gasteiger charge is 2.28. The van der Waals surface area contributed by atoms with Crippen LogP contribution >= 0.6 is 0 Å². The molecule has 1 saturated carbocycles. The summed E-state index contributed by atoms with van der Waals surface area (Å²) in [4.78, 5) is 19.0. The first-order valence-corrected chi connectivity index (χ1v) is 11.3. The summed E-state index contributed by atoms with van der Waals surface area (Å²) in [6, 6.07) is 4.26. The first-order valence-electron chi connectivity index (χ1n) is 11.3. The predicted molar refractivity (Wildman–Crippen MR) is 117 cm³/mol. The molecule has 1 amide bonds. The Morgan fingerprint density at radius 3 is 2.46 bits per heavy atom. The zero-order chi connectivity index (χ0) is 20.6. The molecule has 0 unspecified atom stereocenters. The second-order valence-electron chi connectivity index (χ2n) is 9.37. The van der Waals surface area contributed by atoms with Crippen LogP contribution in [0.5, 0.6) is 0 Å². The third-order valence-electron chi connectivity index (χ3n) is 5.11. The van der Waals surface area contributed by atoms with Crippen molar-refractivity contribution in [3.05, 3.63) is 23.4 Å². The number of nitrogens with zero attached hydrogens (tertiary/aromatic N) is 2. The van der Waals surface area contributed by atoms with E-state index in [1.807, 2.05) is 20.8 Å². The van der Waals surface area contributed by atoms with Crippen LogP contribution in [0.3, 0.4) is 0 Å². The molecular weight excluding hydrogens is 348 g/mol. The molecule has 0 N–H and O–H groups in total. The quantitative estimate of drug-likeness (QED) is 0.509. The van der Waals surface area contributed by atoms with Crippen LogP contribution in [-0.4, -0.2) is 23.2 Å². The Hall–Kier alpha value is -1.58. The van der Waals surface area contributed by atoms with Crippen LogP contribution in [0, 0.1) is 5.92 Å². The summed E-state index contributed by atoms with van der Waals surface area (Å²) >= 11 is 0. The van der Waals surface area contributed by atoms with Crippen molar-refractivity contribution in [2.45, 2.75) is 104 Å². The molecule has 1 fully saturated rings. The van der Waals surface area contributed by atoms with E-state index in [9.17, 15) is 4.79 Å². The summed E-state index contributed by atoms with van der Waals surface area (Å²) in [5.41, 5.74) is 1.76. The molecule has 0 spiro atoms. The first-order chi connectivity index (χ1) is 13.3. The molecule has 28 heavy (non-hydrogen) atoms. The minimum Gasteiger partial charge on any atom is -0.443 e. The van der Waals surface area contributed by atoms with Gasteiger partial charge in [-0.05, 0) is 64.0 Å². The van der Waals surface area contributed by atoms with Crippen molar-refractivity contribution >= 4 is 11.9 Å². The van der Waals surface area contributed by atoms with E-state index < -0.39 is 5.60 Å². The Bertz CT molecular complexity index is 618. The first kappa shape index (κ1) is 22.7. The minimum absolute atomic E-state index is 0.281. The minimum atomic E-state index is -0.481. The average Bonchev–Trinajstić information content (AvgIpc) is 3.42. The summed E-state index contributed by atoms with van der Waals surface area (Å²) in [6.45, 7) is 10.9. The predicted octanol–water partition coefficient (Wildman–Crippen LogP) is 6.70. The number of amides is 1. The summed E-state index contributed by atoms with van der Waals surface area (Å²) in [5, 5.41) is 0. The van der Waals surface area contributed by atoms with Crippen molar-refractivity contribution < 1.29 is 9.53 Å². The molecule has 4 heteroatoms. The zero-order valence-electron chi connectivity index (χ0n) is 18.7. The maximum Gasteiger partial charge on any atom is 0.416 e. The van der Waals surface area contributed by atoms with Gasteiger partial charge in [-0.25, -0.2) is 9.78 Å². The monoisotopic (exact) mass is 388 g/mol. The normalized spacial score (nSPS) is 16.1. The Morgan fingerprint density at radius 1 is 1.18 bits per heavy atom. The summed E-state index contributed by atoms with van der Waals surface area (Å²) < 4.78 is 5.55. The molecule has 0 saturated heterocycles. The number of hydrogen-bond donors (Lipinski definition) is 0. The molecule has 1 aliphatic carbocycles. The lowest BCUT2D eigenvalue weighted by Crippen LogP contribution is -2.40. The van der Waals surface area contributed by atoms with Gasteiger partial charge < -0.3 is 4.74 Å². The molecule has 0 aromatic carbocycles. The number of aromatic nitrogens is 1. The average molecular weight is 389 g/mol. The van der Waals surface area contributed by atoms with E-state index in [1.165, 1.54) is 38.5 Å². The van der Waals surface area contributed by atoms with Gasteiger partial charge >= 0.3 is 6.09 Å². The van der Waals surface area contributed by atoms with Crippen molar-refractivity contribution in [1.29, 1.82) is 0 Å². The molecule has 0 atom stereocenters. The van der Waals surface area contributed by atoms with Gasteiger partial charge in [0, 0.05) is 12.2 Å². The highest BCUT2D eigenvalue weighted by Crippen LogP contribution is 2.28. The second kappa shape index (κ2) is 10.8. The van der Waals surface area contributed by atoms with E-state index in [1.54, 1.807) is 4.90 Å². The number of anilines is 1. The largest absolute Gasteiger partial charge is 0.443 e. The number of pyridine rings is 1. The Kier molecular flexibility index (Phi) is 8.78. The highest BCUT2D eigenvalue weighted by molar-refractivity contribution is 5.88. The SMILES string of the molecule is CC1CC1.CCCCCCCc1ccc2c(n1)N(C(=O)OC(C)(C)C)CCC2. The lowest BCUT2D eigenvalue weighted by Gasteiger charge is -2.31. The summed E-state index contributed by atoms with van der Waals surface area (Å²) in [6.07, 6.45) is 11.9. The van der Waals surface area contributed by atoms with Crippen LogP contribution in [-0.2, 0) is 17.6 Å². The Balaban J connectivity index is 0.000000620. The number of unbranched alkanes of at least 4 members (excludes halogenated alkanes) is 4. The van der Waals surface area contributed by atoms with E-state index >= 15 is 0 Å². The van der Waals surface area contributed by atoms with Crippen LogP contribution in [0.25, 0.3) is 0 Å². The molecule has 158 valence electrons. The number of carbonyl (C=O) groups excluding carboxylic acids is 1. The van der Waals surface area contributed by atoms with Gasteiger partial charge in [-0.3, -0.25) is 4.90 Å². The van der Waals surface area contributed by atoms with Crippen LogP contribution in [0.2, 0.25) is 0 Å². The van der Waals surface area contributed by atoms with E-state index in [0.717, 1.165) is 48.7 Å². The molecule has 4 nitrogen and oxygen atoms in total. The van der Waals surface area contributed by atoms with Crippen LogP contribution in [0.4, 0.5) is 10.6 Å². The number of carbonyl (C=O) groups is 1. The zero-order valence-corrected chi connectivity index (χ0v) is 18.7. The molecule has 0 radical (unpaired) electrons. The van der Waals surface area contributed by atoms with Gasteiger partial charge in [-0.15, -0.1) is 0 Å². The number of ether oxygens (including phenoxy) is 1. The number of rotatable bonds is 6. The van der Waals surface area contributed by atoms with E-state index in [2.05, 4.69) is 26.0 Å². The lowest BCUT2D eigenvalue weighted by atomic mass is 10.0. The van der Waals surface area contributed by atoms with E-state index in [4.69, 9.17) is 9.72 Å². The molecule has 1 aromatic heterocycles.